The lowest BCUT2D eigenvalue weighted by Gasteiger charge is -2.70. The van der Waals surface area contributed by atoms with Crippen molar-refractivity contribution in [1.82, 2.24) is 0 Å². The van der Waals surface area contributed by atoms with Gasteiger partial charge in [0.25, 0.3) is 0 Å². The van der Waals surface area contributed by atoms with E-state index in [2.05, 4.69) is 40.7 Å². The van der Waals surface area contributed by atoms with Crippen molar-refractivity contribution in [3.63, 3.8) is 0 Å². The van der Waals surface area contributed by atoms with E-state index in [9.17, 15) is 14.7 Å². The summed E-state index contributed by atoms with van der Waals surface area (Å²) in [4.78, 5) is 24.1. The maximum atomic E-state index is 12.2. The lowest BCUT2D eigenvalue weighted by atomic mass is 9.34. The quantitative estimate of drug-likeness (QED) is 0.485. The van der Waals surface area contributed by atoms with Crippen LogP contribution in [0.3, 0.4) is 0 Å². The van der Waals surface area contributed by atoms with E-state index >= 15 is 0 Å². The predicted octanol–water partition coefficient (Wildman–Crippen LogP) is 5.33. The van der Waals surface area contributed by atoms with Crippen molar-refractivity contribution in [3.8, 4) is 0 Å². The predicted molar refractivity (Wildman–Crippen MR) is 121 cm³/mol. The van der Waals surface area contributed by atoms with Crippen LogP contribution in [0.2, 0.25) is 0 Å². The molecule has 174 valence electrons. The third-order valence-electron chi connectivity index (χ3n) is 10.9. The summed E-state index contributed by atoms with van der Waals surface area (Å²) in [5, 5.41) is 10.4. The number of allylic oxidation sites excluding steroid dienone is 1. The molecule has 0 aromatic rings. The standard InChI is InChI=1S/C27H42O4/c1-17(30)31-23-14-22-25(4)12-7-11-24(2,3)20(25)10-13-26(22,5)21-9-8-18(15-28)19(16-29)27(21,23)6/h8,15,19-23,29H,7,9-14,16H2,1-6H3. The molecule has 0 saturated heterocycles. The molecule has 0 radical (unpaired) electrons. The van der Waals surface area contributed by atoms with E-state index < -0.39 is 5.41 Å². The summed E-state index contributed by atoms with van der Waals surface area (Å²) in [6.45, 7) is 13.5. The number of rotatable bonds is 3. The zero-order valence-electron chi connectivity index (χ0n) is 20.4. The van der Waals surface area contributed by atoms with Gasteiger partial charge < -0.3 is 9.84 Å². The Kier molecular flexibility index (Phi) is 5.52. The van der Waals surface area contributed by atoms with Crippen molar-refractivity contribution in [2.24, 2.45) is 45.3 Å². The Balaban J connectivity index is 1.84. The van der Waals surface area contributed by atoms with E-state index in [1.165, 1.54) is 39.0 Å². The van der Waals surface area contributed by atoms with Crippen LogP contribution >= 0.6 is 0 Å². The lowest BCUT2D eigenvalue weighted by molar-refractivity contribution is -0.242. The molecule has 0 amide bonds. The number of carbonyl (C=O) groups is 2. The molecule has 4 aliphatic carbocycles. The minimum atomic E-state index is -0.427. The molecule has 31 heavy (non-hydrogen) atoms. The fraction of sp³-hybridized carbons (Fsp3) is 0.852. The largest absolute Gasteiger partial charge is 0.462 e. The molecule has 3 fully saturated rings. The molecule has 4 rings (SSSR count). The van der Waals surface area contributed by atoms with Gasteiger partial charge in [0.2, 0.25) is 0 Å². The van der Waals surface area contributed by atoms with Crippen molar-refractivity contribution in [1.29, 1.82) is 0 Å². The van der Waals surface area contributed by atoms with E-state index in [0.29, 0.717) is 22.8 Å². The lowest BCUT2D eigenvalue weighted by Crippen LogP contribution is -2.67. The summed E-state index contributed by atoms with van der Waals surface area (Å²) in [7, 11) is 0. The van der Waals surface area contributed by atoms with Crippen LogP contribution in [0.4, 0.5) is 0 Å². The summed E-state index contributed by atoms with van der Waals surface area (Å²) in [5.74, 6) is 0.915. The van der Waals surface area contributed by atoms with Gasteiger partial charge in [0.1, 0.15) is 12.4 Å². The number of aliphatic hydroxyl groups is 1. The number of fused-ring (bicyclic) bond motifs is 5. The van der Waals surface area contributed by atoms with Crippen LogP contribution in [0, 0.1) is 45.3 Å². The van der Waals surface area contributed by atoms with Gasteiger partial charge in [-0.25, -0.2) is 0 Å². The number of hydrogen-bond donors (Lipinski definition) is 1. The highest BCUT2D eigenvalue weighted by Gasteiger charge is 2.68. The van der Waals surface area contributed by atoms with Gasteiger partial charge in [0, 0.05) is 18.3 Å². The highest BCUT2D eigenvalue weighted by Crippen LogP contribution is 2.73. The number of aliphatic hydroxyl groups excluding tert-OH is 1. The first-order valence-electron chi connectivity index (χ1n) is 12.4. The third-order valence-corrected chi connectivity index (χ3v) is 10.9. The molecule has 0 aliphatic heterocycles. The molecule has 1 N–H and O–H groups in total. The number of carbonyl (C=O) groups excluding carboxylic acids is 2. The topological polar surface area (TPSA) is 63.6 Å². The van der Waals surface area contributed by atoms with Gasteiger partial charge in [-0.05, 0) is 78.1 Å². The summed E-state index contributed by atoms with van der Waals surface area (Å²) >= 11 is 0. The Morgan fingerprint density at radius 2 is 1.77 bits per heavy atom. The van der Waals surface area contributed by atoms with Crippen molar-refractivity contribution < 1.29 is 19.4 Å². The van der Waals surface area contributed by atoms with Crippen LogP contribution in [0.5, 0.6) is 0 Å². The average molecular weight is 431 g/mol. The molecule has 4 nitrogen and oxygen atoms in total. The fourth-order valence-corrected chi connectivity index (χ4v) is 9.60. The molecule has 0 aromatic carbocycles. The second kappa shape index (κ2) is 7.43. The molecule has 8 atom stereocenters. The number of aldehydes is 1. The van der Waals surface area contributed by atoms with Crippen molar-refractivity contribution in [2.75, 3.05) is 6.61 Å². The minimum absolute atomic E-state index is 0.0803. The Morgan fingerprint density at radius 1 is 1.10 bits per heavy atom. The van der Waals surface area contributed by atoms with E-state index in [4.69, 9.17) is 4.74 Å². The molecule has 4 heteroatoms. The van der Waals surface area contributed by atoms with Crippen LogP contribution in [0.15, 0.2) is 11.6 Å². The Morgan fingerprint density at radius 3 is 2.39 bits per heavy atom. The van der Waals surface area contributed by atoms with Gasteiger partial charge >= 0.3 is 5.97 Å². The molecular weight excluding hydrogens is 388 g/mol. The first-order chi connectivity index (χ1) is 14.4. The monoisotopic (exact) mass is 430 g/mol. The minimum Gasteiger partial charge on any atom is -0.462 e. The number of ether oxygens (including phenoxy) is 1. The van der Waals surface area contributed by atoms with Crippen LogP contribution in [0.25, 0.3) is 0 Å². The van der Waals surface area contributed by atoms with E-state index in [-0.39, 0.29) is 41.3 Å². The molecule has 0 spiro atoms. The highest BCUT2D eigenvalue weighted by atomic mass is 16.5. The van der Waals surface area contributed by atoms with Crippen LogP contribution < -0.4 is 0 Å². The van der Waals surface area contributed by atoms with Crippen LogP contribution in [-0.4, -0.2) is 30.1 Å². The summed E-state index contributed by atoms with van der Waals surface area (Å²) in [5.41, 5.74) is 0.945. The molecular formula is C27H42O4. The first-order valence-corrected chi connectivity index (χ1v) is 12.4. The molecule has 0 heterocycles. The average Bonchev–Trinajstić information content (AvgIpc) is 2.67. The number of hydrogen-bond acceptors (Lipinski definition) is 4. The SMILES string of the molecule is CC(=O)OC1CC2C3(C)CCCC(C)(C)C3CCC2(C)C2CC=C(C=O)C(CO)C12C. The maximum Gasteiger partial charge on any atom is 0.302 e. The zero-order chi connectivity index (χ0) is 22.8. The maximum absolute atomic E-state index is 12.2. The van der Waals surface area contributed by atoms with Gasteiger partial charge in [-0.3, -0.25) is 9.59 Å². The highest BCUT2D eigenvalue weighted by molar-refractivity contribution is 5.75. The van der Waals surface area contributed by atoms with Crippen LogP contribution in [0.1, 0.15) is 86.5 Å². The molecule has 4 aliphatic rings. The normalized spacial score (nSPS) is 48.5. The molecule has 3 saturated carbocycles. The van der Waals surface area contributed by atoms with E-state index in [1.807, 2.05) is 0 Å². The third kappa shape index (κ3) is 3.10. The zero-order valence-corrected chi connectivity index (χ0v) is 20.4. The molecule has 0 aromatic heterocycles. The van der Waals surface area contributed by atoms with Crippen LogP contribution in [-0.2, 0) is 14.3 Å². The summed E-state index contributed by atoms with van der Waals surface area (Å²) in [6.07, 6.45) is 10.6. The summed E-state index contributed by atoms with van der Waals surface area (Å²) in [6, 6.07) is 0. The van der Waals surface area contributed by atoms with Crippen molar-refractivity contribution in [2.45, 2.75) is 92.6 Å². The van der Waals surface area contributed by atoms with Gasteiger partial charge in [-0.1, -0.05) is 47.1 Å². The first kappa shape index (κ1) is 23.0. The van der Waals surface area contributed by atoms with E-state index in [1.54, 1.807) is 0 Å². The van der Waals surface area contributed by atoms with Crippen molar-refractivity contribution >= 4 is 12.3 Å². The number of esters is 1. The summed E-state index contributed by atoms with van der Waals surface area (Å²) < 4.78 is 6.07. The van der Waals surface area contributed by atoms with E-state index in [0.717, 1.165) is 19.1 Å². The molecule has 8 unspecified atom stereocenters. The second-order valence-corrected chi connectivity index (χ2v) is 12.5. The van der Waals surface area contributed by atoms with Gasteiger partial charge in [0.05, 0.1) is 6.61 Å². The smallest absolute Gasteiger partial charge is 0.302 e. The Labute approximate surface area is 188 Å². The molecule has 0 bridgehead atoms. The van der Waals surface area contributed by atoms with Gasteiger partial charge in [0.15, 0.2) is 0 Å². The Hall–Kier alpha value is -1.16. The second-order valence-electron chi connectivity index (χ2n) is 12.5. The van der Waals surface area contributed by atoms with Crippen molar-refractivity contribution in [3.05, 3.63) is 11.6 Å². The Bertz CT molecular complexity index is 784. The fourth-order valence-electron chi connectivity index (χ4n) is 9.60. The van der Waals surface area contributed by atoms with Gasteiger partial charge in [-0.2, -0.15) is 0 Å². The van der Waals surface area contributed by atoms with Gasteiger partial charge in [-0.15, -0.1) is 0 Å².